The Labute approximate surface area is 120 Å². The van der Waals surface area contributed by atoms with Crippen LogP contribution in [0.5, 0.6) is 0 Å². The number of hydrogen-bond acceptors (Lipinski definition) is 5. The number of H-pyrrole nitrogens is 2. The van der Waals surface area contributed by atoms with Crippen molar-refractivity contribution in [2.24, 2.45) is 7.05 Å². The van der Waals surface area contributed by atoms with E-state index in [1.54, 1.807) is 7.05 Å². The molecule has 8 heteroatoms. The van der Waals surface area contributed by atoms with Crippen molar-refractivity contribution in [3.05, 3.63) is 26.7 Å². The van der Waals surface area contributed by atoms with Gasteiger partial charge in [0.2, 0.25) is 0 Å². The van der Waals surface area contributed by atoms with Gasteiger partial charge in [0.15, 0.2) is 5.65 Å². The van der Waals surface area contributed by atoms with Crippen LogP contribution in [0.3, 0.4) is 0 Å². The Kier molecular flexibility index (Phi) is 3.42. The number of aryl methyl sites for hydroxylation is 1. The summed E-state index contributed by atoms with van der Waals surface area (Å²) in [4.78, 5) is 35.2. The molecule has 2 N–H and O–H groups in total. The molecule has 0 unspecified atom stereocenters. The second-order valence-electron chi connectivity index (χ2n) is 5.65. The zero-order valence-electron chi connectivity index (χ0n) is 12.3. The Hall–Kier alpha value is -1.93. The van der Waals surface area contributed by atoms with Gasteiger partial charge < -0.3 is 9.72 Å². The molecule has 1 aliphatic heterocycles. The Morgan fingerprint density at radius 3 is 2.57 bits per heavy atom. The molecule has 2 atom stereocenters. The van der Waals surface area contributed by atoms with Crippen LogP contribution in [-0.2, 0) is 18.3 Å². The summed E-state index contributed by atoms with van der Waals surface area (Å²) in [5.41, 5.74) is -0.177. The normalized spacial score (nSPS) is 23.8. The van der Waals surface area contributed by atoms with Gasteiger partial charge in [-0.1, -0.05) is 0 Å². The first-order chi connectivity index (χ1) is 9.94. The van der Waals surface area contributed by atoms with Crippen molar-refractivity contribution < 1.29 is 4.74 Å². The summed E-state index contributed by atoms with van der Waals surface area (Å²) in [6, 6.07) is 0. The molecule has 8 nitrogen and oxygen atoms in total. The number of ether oxygens (including phenoxy) is 1. The summed E-state index contributed by atoms with van der Waals surface area (Å²) >= 11 is 0. The van der Waals surface area contributed by atoms with E-state index in [0.29, 0.717) is 23.5 Å². The third-order valence-corrected chi connectivity index (χ3v) is 3.67. The smallest absolute Gasteiger partial charge is 0.329 e. The summed E-state index contributed by atoms with van der Waals surface area (Å²) in [7, 11) is 1.59. The summed E-state index contributed by atoms with van der Waals surface area (Å²) < 4.78 is 7.03. The minimum absolute atomic E-state index is 0.172. The molecule has 0 aromatic carbocycles. The fourth-order valence-corrected chi connectivity index (χ4v) is 2.85. The van der Waals surface area contributed by atoms with Gasteiger partial charge in [-0.25, -0.2) is 9.78 Å². The van der Waals surface area contributed by atoms with E-state index in [0.717, 1.165) is 13.1 Å². The molecule has 21 heavy (non-hydrogen) atoms. The molecule has 1 aliphatic rings. The molecule has 3 heterocycles. The average molecular weight is 293 g/mol. The molecule has 1 saturated heterocycles. The number of morpholine rings is 1. The van der Waals surface area contributed by atoms with Crippen molar-refractivity contribution in [2.45, 2.75) is 32.6 Å². The molecular weight excluding hydrogens is 274 g/mol. The van der Waals surface area contributed by atoms with Gasteiger partial charge in [0.05, 0.1) is 18.8 Å². The molecule has 0 saturated carbocycles. The van der Waals surface area contributed by atoms with Crippen LogP contribution in [0, 0.1) is 0 Å². The van der Waals surface area contributed by atoms with Crippen LogP contribution in [0.15, 0.2) is 9.59 Å². The van der Waals surface area contributed by atoms with Crippen LogP contribution in [-0.4, -0.2) is 49.7 Å². The van der Waals surface area contributed by atoms with Gasteiger partial charge in [-0.15, -0.1) is 0 Å². The van der Waals surface area contributed by atoms with Crippen LogP contribution in [0.2, 0.25) is 0 Å². The van der Waals surface area contributed by atoms with Gasteiger partial charge >= 0.3 is 5.69 Å². The van der Waals surface area contributed by atoms with Crippen molar-refractivity contribution in [2.75, 3.05) is 13.1 Å². The van der Waals surface area contributed by atoms with E-state index < -0.39 is 11.2 Å². The monoisotopic (exact) mass is 293 g/mol. The summed E-state index contributed by atoms with van der Waals surface area (Å²) in [6.45, 7) is 6.30. The highest BCUT2D eigenvalue weighted by atomic mass is 16.5. The highest BCUT2D eigenvalue weighted by molar-refractivity contribution is 5.69. The molecule has 0 aliphatic carbocycles. The first kappa shape index (κ1) is 14.0. The van der Waals surface area contributed by atoms with Crippen molar-refractivity contribution in [1.82, 2.24) is 24.4 Å². The largest absolute Gasteiger partial charge is 0.373 e. The van der Waals surface area contributed by atoms with Gasteiger partial charge in [-0.2, -0.15) is 0 Å². The van der Waals surface area contributed by atoms with Gasteiger partial charge in [-0.05, 0) is 13.8 Å². The maximum atomic E-state index is 11.8. The third kappa shape index (κ3) is 2.64. The highest BCUT2D eigenvalue weighted by Gasteiger charge is 2.23. The molecular formula is C13H19N5O3. The topological polar surface area (TPSA) is 96.0 Å². The summed E-state index contributed by atoms with van der Waals surface area (Å²) in [6.07, 6.45) is 0.344. The van der Waals surface area contributed by atoms with Crippen LogP contribution in [0.1, 0.15) is 19.7 Å². The Balaban J connectivity index is 1.92. The van der Waals surface area contributed by atoms with E-state index in [1.807, 2.05) is 13.8 Å². The molecule has 2 aromatic rings. The maximum absolute atomic E-state index is 11.8. The Morgan fingerprint density at radius 2 is 1.90 bits per heavy atom. The highest BCUT2D eigenvalue weighted by Crippen LogP contribution is 2.13. The van der Waals surface area contributed by atoms with E-state index in [4.69, 9.17) is 4.74 Å². The Morgan fingerprint density at radius 1 is 1.24 bits per heavy atom. The quantitative estimate of drug-likeness (QED) is 0.782. The number of imidazole rings is 1. The number of aromatic amines is 2. The van der Waals surface area contributed by atoms with Gasteiger partial charge in [0.1, 0.15) is 11.3 Å². The van der Waals surface area contributed by atoms with E-state index in [1.165, 1.54) is 4.57 Å². The zero-order chi connectivity index (χ0) is 15.1. The molecule has 3 rings (SSSR count). The lowest BCUT2D eigenvalue weighted by Gasteiger charge is -2.34. The van der Waals surface area contributed by atoms with Crippen LogP contribution in [0.4, 0.5) is 0 Å². The molecule has 0 spiro atoms. The maximum Gasteiger partial charge on any atom is 0.329 e. The zero-order valence-corrected chi connectivity index (χ0v) is 12.3. The lowest BCUT2D eigenvalue weighted by molar-refractivity contribution is -0.0710. The standard InChI is InChI=1S/C13H19N5O3/c1-7-4-18(5-8(2)21-7)6-9-14-10-11(15-9)17(3)13(20)16-12(10)19/h7-8H,4-6H2,1-3H3,(H,14,15)(H,16,19,20)/t7-,8-/m1/s1. The molecule has 114 valence electrons. The van der Waals surface area contributed by atoms with Gasteiger partial charge in [0, 0.05) is 20.1 Å². The molecule has 1 fully saturated rings. The fraction of sp³-hybridized carbons (Fsp3) is 0.615. The number of fused-ring (bicyclic) bond motifs is 1. The third-order valence-electron chi connectivity index (χ3n) is 3.67. The first-order valence-corrected chi connectivity index (χ1v) is 6.99. The second kappa shape index (κ2) is 5.12. The summed E-state index contributed by atoms with van der Waals surface area (Å²) in [5, 5.41) is 0. The SMILES string of the molecule is C[C@@H]1CN(Cc2nc3c([nH]2)c(=O)[nH]c(=O)n3C)C[C@@H](C)O1. The Bertz CT molecular complexity index is 764. The van der Waals surface area contributed by atoms with Crippen molar-refractivity contribution >= 4 is 11.2 Å². The lowest BCUT2D eigenvalue weighted by atomic mass is 10.2. The number of nitrogens with zero attached hydrogens (tertiary/aromatic N) is 3. The molecule has 0 amide bonds. The van der Waals surface area contributed by atoms with E-state index in [9.17, 15) is 9.59 Å². The van der Waals surface area contributed by atoms with Crippen LogP contribution in [0.25, 0.3) is 11.2 Å². The lowest BCUT2D eigenvalue weighted by Crippen LogP contribution is -2.45. The predicted octanol–water partition coefficient (Wildman–Crippen LogP) is -0.441. The van der Waals surface area contributed by atoms with Crippen molar-refractivity contribution in [3.8, 4) is 0 Å². The van der Waals surface area contributed by atoms with Gasteiger partial charge in [0.25, 0.3) is 5.56 Å². The first-order valence-electron chi connectivity index (χ1n) is 6.99. The second-order valence-corrected chi connectivity index (χ2v) is 5.65. The van der Waals surface area contributed by atoms with Crippen LogP contribution >= 0.6 is 0 Å². The predicted molar refractivity (Wildman–Crippen MR) is 77.2 cm³/mol. The minimum Gasteiger partial charge on any atom is -0.373 e. The number of nitrogens with one attached hydrogen (secondary N) is 2. The number of aromatic nitrogens is 4. The average Bonchev–Trinajstić information content (AvgIpc) is 2.79. The molecule has 2 aromatic heterocycles. The van der Waals surface area contributed by atoms with E-state index in [-0.39, 0.29) is 12.2 Å². The van der Waals surface area contributed by atoms with Gasteiger partial charge in [-0.3, -0.25) is 19.2 Å². The number of rotatable bonds is 2. The van der Waals surface area contributed by atoms with E-state index in [2.05, 4.69) is 19.9 Å². The van der Waals surface area contributed by atoms with Crippen LogP contribution < -0.4 is 11.2 Å². The number of hydrogen-bond donors (Lipinski definition) is 2. The molecule has 0 radical (unpaired) electrons. The summed E-state index contributed by atoms with van der Waals surface area (Å²) in [5.74, 6) is 0.679. The fourth-order valence-electron chi connectivity index (χ4n) is 2.85. The van der Waals surface area contributed by atoms with Crippen molar-refractivity contribution in [1.29, 1.82) is 0 Å². The minimum atomic E-state index is -0.459. The molecule has 0 bridgehead atoms. The van der Waals surface area contributed by atoms with E-state index >= 15 is 0 Å². The van der Waals surface area contributed by atoms with Crippen molar-refractivity contribution in [3.63, 3.8) is 0 Å².